The second kappa shape index (κ2) is 10.7. The lowest BCUT2D eigenvalue weighted by atomic mass is 9.73. The summed E-state index contributed by atoms with van der Waals surface area (Å²) >= 11 is 0.685. The molecule has 42 heavy (non-hydrogen) atoms. The van der Waals surface area contributed by atoms with Crippen molar-refractivity contribution >= 4 is 39.2 Å². The zero-order valence-electron chi connectivity index (χ0n) is 23.2. The summed E-state index contributed by atoms with van der Waals surface area (Å²) in [5, 5.41) is -0.0326. The van der Waals surface area contributed by atoms with E-state index in [1.54, 1.807) is 20.8 Å². The molecular formula is C27H31F7N4O3S. The fraction of sp³-hybridized carbons (Fsp3) is 0.667. The van der Waals surface area contributed by atoms with E-state index in [4.69, 9.17) is 4.74 Å². The first-order chi connectivity index (χ1) is 19.4. The molecule has 0 unspecified atom stereocenters. The van der Waals surface area contributed by atoms with Crippen LogP contribution in [-0.2, 0) is 22.1 Å². The predicted octanol–water partition coefficient (Wildman–Crippen LogP) is 6.19. The molecule has 2 amide bonds. The van der Waals surface area contributed by atoms with Crippen molar-refractivity contribution in [2.45, 2.75) is 82.7 Å². The van der Waals surface area contributed by atoms with Gasteiger partial charge in [0.2, 0.25) is 5.91 Å². The van der Waals surface area contributed by atoms with Crippen LogP contribution in [0.5, 0.6) is 0 Å². The second-order valence-corrected chi connectivity index (χ2v) is 13.1. The van der Waals surface area contributed by atoms with Crippen molar-refractivity contribution in [3.63, 3.8) is 0 Å². The van der Waals surface area contributed by atoms with Crippen molar-refractivity contribution in [3.8, 4) is 0 Å². The quantitative estimate of drug-likeness (QED) is 0.381. The number of pyridine rings is 1. The maximum atomic E-state index is 15.0. The van der Waals surface area contributed by atoms with E-state index < -0.39 is 66.1 Å². The van der Waals surface area contributed by atoms with Gasteiger partial charge in [-0.3, -0.25) is 9.69 Å². The smallest absolute Gasteiger partial charge is 0.419 e. The van der Waals surface area contributed by atoms with Crippen molar-refractivity contribution in [2.24, 2.45) is 5.92 Å². The minimum Gasteiger partial charge on any atom is -0.444 e. The molecule has 4 aliphatic rings. The largest absolute Gasteiger partial charge is 0.444 e. The van der Waals surface area contributed by atoms with Crippen LogP contribution in [0, 0.1) is 5.92 Å². The molecule has 7 nitrogen and oxygen atoms in total. The Balaban J connectivity index is 1.39. The van der Waals surface area contributed by atoms with Gasteiger partial charge in [0, 0.05) is 54.6 Å². The number of fused-ring (bicyclic) bond motifs is 4. The number of ether oxygens (including phenoxy) is 1. The molecule has 2 bridgehead atoms. The highest BCUT2D eigenvalue weighted by Gasteiger charge is 2.54. The number of aromatic nitrogens is 1. The Bertz CT molecular complexity index is 1350. The summed E-state index contributed by atoms with van der Waals surface area (Å²) in [6.07, 6.45) is -10.9. The van der Waals surface area contributed by atoms with Crippen molar-refractivity contribution in [1.29, 1.82) is 0 Å². The number of piperazine rings is 1. The SMILES string of the molecule is CC(C)(C)OC(=O)N1[C@H]2CC[C@@H]([C@H]1C(=O)N1CCN(c3c(C(F)(F)F)cnc4sc(CC(F)(F)F)cc34)CC1)[C@@H](F)C2. The highest BCUT2D eigenvalue weighted by atomic mass is 32.1. The average molecular weight is 625 g/mol. The molecule has 0 aromatic carbocycles. The standard InChI is InChI=1S/C27H31F7N4O3S/c1-25(2,3)41-24(40)38-14-4-5-16(19(28)10-14)21(38)23(39)37-8-6-36(7-9-37)20-17-11-15(12-26(29,30)31)42-22(17)35-13-18(20)27(32,33)34/h11,13-14,16,19,21H,4-10,12H2,1-3H3/t14-,16+,19-,21-/m0/s1. The van der Waals surface area contributed by atoms with Crippen molar-refractivity contribution in [3.05, 3.63) is 22.7 Å². The minimum atomic E-state index is -4.82. The molecule has 1 aliphatic carbocycles. The zero-order valence-corrected chi connectivity index (χ0v) is 24.0. The van der Waals surface area contributed by atoms with Gasteiger partial charge in [-0.2, -0.15) is 26.3 Å². The molecule has 5 heterocycles. The monoisotopic (exact) mass is 624 g/mol. The third kappa shape index (κ3) is 6.11. The first kappa shape index (κ1) is 30.6. The number of piperidine rings is 2. The van der Waals surface area contributed by atoms with E-state index in [-0.39, 0.29) is 53.4 Å². The molecule has 3 saturated heterocycles. The number of halogens is 7. The summed E-state index contributed by atoms with van der Waals surface area (Å²) in [5.74, 6) is -1.21. The van der Waals surface area contributed by atoms with Gasteiger partial charge < -0.3 is 14.5 Å². The van der Waals surface area contributed by atoms with E-state index in [1.165, 1.54) is 14.7 Å². The molecule has 4 atom stereocenters. The van der Waals surface area contributed by atoms with Crippen LogP contribution in [0.3, 0.4) is 0 Å². The molecule has 0 radical (unpaired) electrons. The van der Waals surface area contributed by atoms with Crippen molar-refractivity contribution in [1.82, 2.24) is 14.8 Å². The molecule has 2 aromatic heterocycles. The predicted molar refractivity (Wildman–Crippen MR) is 141 cm³/mol. The van der Waals surface area contributed by atoms with E-state index in [9.17, 15) is 40.3 Å². The number of thiophene rings is 1. The fourth-order valence-electron chi connectivity index (χ4n) is 6.24. The van der Waals surface area contributed by atoms with E-state index in [0.29, 0.717) is 30.4 Å². The molecule has 1 saturated carbocycles. The number of carbonyl (C=O) groups excluding carboxylic acids is 2. The molecule has 6 rings (SSSR count). The van der Waals surface area contributed by atoms with Crippen LogP contribution in [0.2, 0.25) is 0 Å². The van der Waals surface area contributed by atoms with Crippen LogP contribution in [-0.4, -0.2) is 83.0 Å². The maximum Gasteiger partial charge on any atom is 0.419 e. The van der Waals surface area contributed by atoms with E-state index >= 15 is 0 Å². The molecule has 0 N–H and O–H groups in total. The highest BCUT2D eigenvalue weighted by Crippen LogP contribution is 2.45. The Labute approximate surface area is 241 Å². The molecule has 15 heteroatoms. The number of carbonyl (C=O) groups is 2. The lowest BCUT2D eigenvalue weighted by Gasteiger charge is -2.52. The second-order valence-electron chi connectivity index (χ2n) is 12.0. The number of hydrogen-bond donors (Lipinski definition) is 0. The number of alkyl halides is 7. The fourth-order valence-corrected chi connectivity index (χ4v) is 7.27. The van der Waals surface area contributed by atoms with Crippen LogP contribution in [0.25, 0.3) is 10.2 Å². The number of amides is 2. The minimum absolute atomic E-state index is 0.0213. The van der Waals surface area contributed by atoms with Gasteiger partial charge in [-0.1, -0.05) is 0 Å². The van der Waals surface area contributed by atoms with Crippen LogP contribution >= 0.6 is 11.3 Å². The lowest BCUT2D eigenvalue weighted by Crippen LogP contribution is -2.67. The van der Waals surface area contributed by atoms with E-state index in [2.05, 4.69) is 4.98 Å². The van der Waals surface area contributed by atoms with Crippen molar-refractivity contribution < 1.29 is 45.1 Å². The number of hydrogen-bond acceptors (Lipinski definition) is 6. The Morgan fingerprint density at radius 1 is 1.05 bits per heavy atom. The van der Waals surface area contributed by atoms with Crippen molar-refractivity contribution in [2.75, 3.05) is 31.1 Å². The van der Waals surface area contributed by atoms with Gasteiger partial charge in [0.1, 0.15) is 22.6 Å². The molecule has 4 fully saturated rings. The summed E-state index contributed by atoms with van der Waals surface area (Å²) in [7, 11) is 0. The van der Waals surface area contributed by atoms with Gasteiger partial charge >= 0.3 is 18.4 Å². The Morgan fingerprint density at radius 3 is 2.29 bits per heavy atom. The van der Waals surface area contributed by atoms with Crippen LogP contribution in [0.4, 0.5) is 41.2 Å². The molecule has 3 aliphatic heterocycles. The molecule has 2 aromatic rings. The third-order valence-electron chi connectivity index (χ3n) is 7.92. The number of nitrogens with zero attached hydrogens (tertiary/aromatic N) is 4. The first-order valence-corrected chi connectivity index (χ1v) is 14.5. The van der Waals surface area contributed by atoms with E-state index in [1.807, 2.05) is 0 Å². The van der Waals surface area contributed by atoms with Gasteiger partial charge in [-0.15, -0.1) is 11.3 Å². The average Bonchev–Trinajstić information content (AvgIpc) is 3.26. The summed E-state index contributed by atoms with van der Waals surface area (Å²) in [6.45, 7) is 4.91. The Morgan fingerprint density at radius 2 is 1.71 bits per heavy atom. The van der Waals surface area contributed by atoms with Crippen LogP contribution < -0.4 is 4.90 Å². The Kier molecular flexibility index (Phi) is 7.80. The van der Waals surface area contributed by atoms with Gasteiger partial charge in [0.25, 0.3) is 0 Å². The van der Waals surface area contributed by atoms with Gasteiger partial charge in [0.15, 0.2) is 0 Å². The summed E-state index contributed by atoms with van der Waals surface area (Å²) in [6, 6.07) is -0.491. The van der Waals surface area contributed by atoms with Gasteiger partial charge in [-0.25, -0.2) is 14.2 Å². The highest BCUT2D eigenvalue weighted by molar-refractivity contribution is 7.18. The molecular weight excluding hydrogens is 593 g/mol. The number of rotatable bonds is 3. The van der Waals surface area contributed by atoms with E-state index in [0.717, 1.165) is 6.07 Å². The third-order valence-corrected chi connectivity index (χ3v) is 8.97. The van der Waals surface area contributed by atoms with Gasteiger partial charge in [-0.05, 0) is 46.1 Å². The number of anilines is 1. The summed E-state index contributed by atoms with van der Waals surface area (Å²) < 4.78 is 102. The normalized spacial score (nSPS) is 25.3. The Hall–Kier alpha value is -2.84. The zero-order chi connectivity index (χ0) is 30.8. The first-order valence-electron chi connectivity index (χ1n) is 13.7. The van der Waals surface area contributed by atoms with Crippen LogP contribution in [0.15, 0.2) is 12.3 Å². The van der Waals surface area contributed by atoms with Crippen LogP contribution in [0.1, 0.15) is 50.5 Å². The molecule has 0 spiro atoms. The summed E-state index contributed by atoms with van der Waals surface area (Å²) in [5.41, 5.74) is -2.19. The lowest BCUT2D eigenvalue weighted by molar-refractivity contribution is -0.150. The molecule has 232 valence electrons. The van der Waals surface area contributed by atoms with Gasteiger partial charge in [0.05, 0.1) is 17.7 Å². The maximum absolute atomic E-state index is 15.0. The topological polar surface area (TPSA) is 66.0 Å². The summed E-state index contributed by atoms with van der Waals surface area (Å²) in [4.78, 5) is 34.7.